The molecular formula is C16H24N4O3S. The molecule has 132 valence electrons. The molecule has 7 nitrogen and oxygen atoms in total. The third-order valence-corrected chi connectivity index (χ3v) is 6.58. The molecule has 0 saturated carbocycles. The standard InChI is InChI=1S/C16H24N4O3S/c21-16(15-6-9-18-19-15)17-12-13-7-10-20(11-8-13)24(22,23)14-4-2-1-3-5-14/h1-5,13,15,18-19H,6-12H2,(H,17,21). The largest absolute Gasteiger partial charge is 0.354 e. The Bertz CT molecular complexity index is 651. The van der Waals surface area contributed by atoms with Gasteiger partial charge in [-0.2, -0.15) is 4.31 Å². The van der Waals surface area contributed by atoms with Gasteiger partial charge >= 0.3 is 0 Å². The molecule has 24 heavy (non-hydrogen) atoms. The lowest BCUT2D eigenvalue weighted by Crippen LogP contribution is -2.46. The molecule has 0 aromatic heterocycles. The predicted octanol–water partition coefficient (Wildman–Crippen LogP) is 0.0700. The number of hydrogen-bond donors (Lipinski definition) is 3. The second-order valence-electron chi connectivity index (χ2n) is 6.32. The first-order valence-corrected chi connectivity index (χ1v) is 9.82. The minimum Gasteiger partial charge on any atom is -0.354 e. The number of sulfonamides is 1. The number of hydrazine groups is 1. The van der Waals surface area contributed by atoms with Crippen molar-refractivity contribution in [1.82, 2.24) is 20.5 Å². The number of carbonyl (C=O) groups excluding carboxylic acids is 1. The van der Waals surface area contributed by atoms with Gasteiger partial charge in [0.2, 0.25) is 15.9 Å². The van der Waals surface area contributed by atoms with Crippen LogP contribution in [-0.2, 0) is 14.8 Å². The monoisotopic (exact) mass is 352 g/mol. The molecule has 2 aliphatic heterocycles. The minimum atomic E-state index is -3.40. The van der Waals surface area contributed by atoms with E-state index in [1.165, 1.54) is 0 Å². The van der Waals surface area contributed by atoms with Gasteiger partial charge in [-0.3, -0.25) is 10.2 Å². The summed E-state index contributed by atoms with van der Waals surface area (Å²) in [7, 11) is -3.40. The molecule has 2 fully saturated rings. The topological polar surface area (TPSA) is 90.5 Å². The molecule has 2 heterocycles. The van der Waals surface area contributed by atoms with E-state index in [9.17, 15) is 13.2 Å². The predicted molar refractivity (Wildman–Crippen MR) is 90.5 cm³/mol. The van der Waals surface area contributed by atoms with E-state index in [-0.39, 0.29) is 11.9 Å². The van der Waals surface area contributed by atoms with Crippen LogP contribution in [0.15, 0.2) is 35.2 Å². The Labute approximate surface area is 142 Å². The summed E-state index contributed by atoms with van der Waals surface area (Å²) in [4.78, 5) is 12.3. The Hall–Kier alpha value is -1.48. The van der Waals surface area contributed by atoms with Gasteiger partial charge in [-0.1, -0.05) is 18.2 Å². The van der Waals surface area contributed by atoms with Crippen LogP contribution in [0.1, 0.15) is 19.3 Å². The van der Waals surface area contributed by atoms with Crippen molar-refractivity contribution in [3.63, 3.8) is 0 Å². The molecule has 2 aliphatic rings. The Kier molecular flexibility index (Phi) is 5.50. The summed E-state index contributed by atoms with van der Waals surface area (Å²) >= 11 is 0. The lowest BCUT2D eigenvalue weighted by atomic mass is 9.98. The fraction of sp³-hybridized carbons (Fsp3) is 0.562. The van der Waals surface area contributed by atoms with Crippen LogP contribution >= 0.6 is 0 Å². The summed E-state index contributed by atoms with van der Waals surface area (Å²) in [6.07, 6.45) is 2.32. The minimum absolute atomic E-state index is 0.0133. The molecule has 0 bridgehead atoms. The average molecular weight is 352 g/mol. The quantitative estimate of drug-likeness (QED) is 0.698. The average Bonchev–Trinajstić information content (AvgIpc) is 3.15. The highest BCUT2D eigenvalue weighted by Gasteiger charge is 2.30. The van der Waals surface area contributed by atoms with E-state index in [1.54, 1.807) is 28.6 Å². The molecule has 3 N–H and O–H groups in total. The highest BCUT2D eigenvalue weighted by molar-refractivity contribution is 7.89. The molecule has 0 aliphatic carbocycles. The van der Waals surface area contributed by atoms with Crippen molar-refractivity contribution in [2.24, 2.45) is 5.92 Å². The van der Waals surface area contributed by atoms with Crippen LogP contribution in [0.5, 0.6) is 0 Å². The Morgan fingerprint density at radius 2 is 1.88 bits per heavy atom. The van der Waals surface area contributed by atoms with Gasteiger partial charge < -0.3 is 5.32 Å². The number of amides is 1. The molecule has 1 aromatic carbocycles. The Morgan fingerprint density at radius 1 is 1.17 bits per heavy atom. The fourth-order valence-corrected chi connectivity index (χ4v) is 4.63. The van der Waals surface area contributed by atoms with Crippen LogP contribution in [-0.4, -0.2) is 50.9 Å². The van der Waals surface area contributed by atoms with Gasteiger partial charge in [-0.05, 0) is 37.3 Å². The zero-order chi connectivity index (χ0) is 17.0. The second kappa shape index (κ2) is 7.60. The Morgan fingerprint density at radius 3 is 2.50 bits per heavy atom. The van der Waals surface area contributed by atoms with Gasteiger partial charge in [0.1, 0.15) is 6.04 Å². The van der Waals surface area contributed by atoms with E-state index < -0.39 is 10.0 Å². The summed E-state index contributed by atoms with van der Waals surface area (Å²) in [5.74, 6) is 0.338. The van der Waals surface area contributed by atoms with Crippen molar-refractivity contribution < 1.29 is 13.2 Å². The van der Waals surface area contributed by atoms with Gasteiger partial charge in [-0.25, -0.2) is 13.8 Å². The molecule has 0 spiro atoms. The van der Waals surface area contributed by atoms with Gasteiger partial charge in [0, 0.05) is 26.2 Å². The van der Waals surface area contributed by atoms with Gasteiger partial charge in [0.05, 0.1) is 4.90 Å². The molecule has 1 unspecified atom stereocenters. The third-order valence-electron chi connectivity index (χ3n) is 4.67. The number of benzene rings is 1. The summed E-state index contributed by atoms with van der Waals surface area (Å²) in [5, 5.41) is 2.97. The highest BCUT2D eigenvalue weighted by Crippen LogP contribution is 2.23. The first kappa shape index (κ1) is 17.3. The Balaban J connectivity index is 1.48. The number of piperidine rings is 1. The SMILES string of the molecule is O=C(NCC1CCN(S(=O)(=O)c2ccccc2)CC1)C1CCNN1. The lowest BCUT2D eigenvalue weighted by molar-refractivity contribution is -0.123. The third kappa shape index (κ3) is 3.94. The molecule has 0 radical (unpaired) electrons. The fourth-order valence-electron chi connectivity index (χ4n) is 3.14. The van der Waals surface area contributed by atoms with Gasteiger partial charge in [0.15, 0.2) is 0 Å². The number of hydrogen-bond acceptors (Lipinski definition) is 5. The summed E-state index contributed by atoms with van der Waals surface area (Å²) < 4.78 is 26.7. The summed E-state index contributed by atoms with van der Waals surface area (Å²) in [5.41, 5.74) is 5.88. The zero-order valence-electron chi connectivity index (χ0n) is 13.6. The molecule has 1 atom stereocenters. The van der Waals surface area contributed by atoms with E-state index >= 15 is 0 Å². The van der Waals surface area contributed by atoms with Crippen molar-refractivity contribution in [2.45, 2.75) is 30.2 Å². The van der Waals surface area contributed by atoms with Crippen molar-refractivity contribution in [1.29, 1.82) is 0 Å². The maximum atomic E-state index is 12.6. The van der Waals surface area contributed by atoms with E-state index in [4.69, 9.17) is 0 Å². The summed E-state index contributed by atoms with van der Waals surface area (Å²) in [6.45, 7) is 2.41. The lowest BCUT2D eigenvalue weighted by Gasteiger charge is -2.31. The molecule has 8 heteroatoms. The van der Waals surface area contributed by atoms with E-state index in [1.807, 2.05) is 6.07 Å². The molecule has 1 aromatic rings. The normalized spacial score (nSPS) is 23.2. The molecule has 2 saturated heterocycles. The van der Waals surface area contributed by atoms with Crippen LogP contribution < -0.4 is 16.2 Å². The van der Waals surface area contributed by atoms with Crippen molar-refractivity contribution in [3.05, 3.63) is 30.3 Å². The molecule has 1 amide bonds. The maximum absolute atomic E-state index is 12.6. The van der Waals surface area contributed by atoms with Crippen LogP contribution in [0.3, 0.4) is 0 Å². The van der Waals surface area contributed by atoms with Gasteiger partial charge in [0.25, 0.3) is 0 Å². The van der Waals surface area contributed by atoms with Crippen LogP contribution in [0, 0.1) is 5.92 Å². The zero-order valence-corrected chi connectivity index (χ0v) is 14.4. The van der Waals surface area contributed by atoms with E-state index in [0.29, 0.717) is 30.4 Å². The number of nitrogens with one attached hydrogen (secondary N) is 3. The van der Waals surface area contributed by atoms with Crippen molar-refractivity contribution in [3.8, 4) is 0 Å². The smallest absolute Gasteiger partial charge is 0.243 e. The number of carbonyl (C=O) groups is 1. The van der Waals surface area contributed by atoms with Crippen LogP contribution in [0.25, 0.3) is 0 Å². The molecular weight excluding hydrogens is 328 g/mol. The van der Waals surface area contributed by atoms with Gasteiger partial charge in [-0.15, -0.1) is 0 Å². The summed E-state index contributed by atoms with van der Waals surface area (Å²) in [6, 6.07) is 8.38. The van der Waals surface area contributed by atoms with Crippen molar-refractivity contribution >= 4 is 15.9 Å². The number of rotatable bonds is 5. The van der Waals surface area contributed by atoms with Crippen molar-refractivity contribution in [2.75, 3.05) is 26.2 Å². The van der Waals surface area contributed by atoms with E-state index in [2.05, 4.69) is 16.2 Å². The highest BCUT2D eigenvalue weighted by atomic mass is 32.2. The second-order valence-corrected chi connectivity index (χ2v) is 8.26. The first-order valence-electron chi connectivity index (χ1n) is 8.38. The van der Waals surface area contributed by atoms with Crippen LogP contribution in [0.4, 0.5) is 0 Å². The molecule has 3 rings (SSSR count). The van der Waals surface area contributed by atoms with E-state index in [0.717, 1.165) is 25.8 Å². The maximum Gasteiger partial charge on any atom is 0.243 e. The number of nitrogens with zero attached hydrogens (tertiary/aromatic N) is 1. The van der Waals surface area contributed by atoms with Crippen LogP contribution in [0.2, 0.25) is 0 Å². The first-order chi connectivity index (χ1) is 11.6.